The predicted molar refractivity (Wildman–Crippen MR) is 59.8 cm³/mol. The van der Waals surface area contributed by atoms with E-state index in [-0.39, 0.29) is 5.92 Å². The highest BCUT2D eigenvalue weighted by molar-refractivity contribution is 5.78. The van der Waals surface area contributed by atoms with Crippen molar-refractivity contribution in [2.75, 3.05) is 0 Å². The second kappa shape index (κ2) is 5.78. The third-order valence-corrected chi connectivity index (χ3v) is 2.01. The number of azide groups is 1. The summed E-state index contributed by atoms with van der Waals surface area (Å²) in [7, 11) is 0. The second-order valence-corrected chi connectivity index (χ2v) is 3.63. The average Bonchev–Trinajstić information content (AvgIpc) is 2.26. The Morgan fingerprint density at radius 3 is 2.50 bits per heavy atom. The van der Waals surface area contributed by atoms with E-state index >= 15 is 0 Å². The zero-order chi connectivity index (χ0) is 12.0. The van der Waals surface area contributed by atoms with Crippen LogP contribution in [0.3, 0.4) is 0 Å². The Balaban J connectivity index is 2.74. The molecule has 0 bridgehead atoms. The van der Waals surface area contributed by atoms with Crippen LogP contribution in [-0.4, -0.2) is 12.0 Å². The van der Waals surface area contributed by atoms with E-state index in [0.29, 0.717) is 5.75 Å². The molecule has 0 spiro atoms. The van der Waals surface area contributed by atoms with Crippen LogP contribution >= 0.6 is 0 Å². The van der Waals surface area contributed by atoms with Crippen LogP contribution in [0.5, 0.6) is 5.75 Å². The molecule has 0 heterocycles. The topological polar surface area (TPSA) is 75.1 Å². The minimum atomic E-state index is -0.787. The lowest BCUT2D eigenvalue weighted by molar-refractivity contribution is -0.136. The molecule has 1 atom stereocenters. The molecular formula is C11H13N3O2. The van der Waals surface area contributed by atoms with Gasteiger partial charge in [-0.1, -0.05) is 37.2 Å². The third-order valence-electron chi connectivity index (χ3n) is 2.01. The molecule has 0 aliphatic heterocycles. The molecule has 0 fully saturated rings. The summed E-state index contributed by atoms with van der Waals surface area (Å²) >= 11 is 0. The van der Waals surface area contributed by atoms with Crippen molar-refractivity contribution in [3.8, 4) is 5.75 Å². The molecule has 0 aliphatic carbocycles. The Morgan fingerprint density at radius 1 is 1.38 bits per heavy atom. The number of hydrogen-bond acceptors (Lipinski definition) is 3. The summed E-state index contributed by atoms with van der Waals surface area (Å²) in [5.74, 6) is -0.169. The average molecular weight is 219 g/mol. The molecule has 0 saturated heterocycles. The van der Waals surface area contributed by atoms with Gasteiger partial charge in [0.2, 0.25) is 0 Å². The van der Waals surface area contributed by atoms with Crippen molar-refractivity contribution >= 4 is 5.97 Å². The molecule has 0 aromatic heterocycles. The molecule has 0 saturated carbocycles. The first-order valence-electron chi connectivity index (χ1n) is 4.96. The van der Waals surface area contributed by atoms with Gasteiger partial charge < -0.3 is 4.74 Å². The number of hydrogen-bond donors (Lipinski definition) is 0. The van der Waals surface area contributed by atoms with Crippen molar-refractivity contribution in [1.29, 1.82) is 0 Å². The van der Waals surface area contributed by atoms with Crippen LogP contribution in [0.4, 0.5) is 0 Å². The number of benzene rings is 1. The van der Waals surface area contributed by atoms with E-state index in [1.807, 2.05) is 6.07 Å². The Bertz CT molecular complexity index is 397. The Morgan fingerprint density at radius 2 is 2.00 bits per heavy atom. The van der Waals surface area contributed by atoms with Gasteiger partial charge in [-0.25, -0.2) is 0 Å². The van der Waals surface area contributed by atoms with Gasteiger partial charge >= 0.3 is 5.97 Å². The molecule has 0 aliphatic rings. The van der Waals surface area contributed by atoms with Crippen LogP contribution in [0.1, 0.15) is 13.8 Å². The van der Waals surface area contributed by atoms with E-state index in [4.69, 9.17) is 10.3 Å². The van der Waals surface area contributed by atoms with Crippen molar-refractivity contribution in [1.82, 2.24) is 0 Å². The van der Waals surface area contributed by atoms with Crippen LogP contribution in [-0.2, 0) is 4.79 Å². The molecule has 16 heavy (non-hydrogen) atoms. The number of carbonyl (C=O) groups excluding carboxylic acids is 1. The first kappa shape index (κ1) is 12.1. The Hall–Kier alpha value is -2.00. The van der Waals surface area contributed by atoms with Crippen molar-refractivity contribution < 1.29 is 9.53 Å². The highest BCUT2D eigenvalue weighted by Gasteiger charge is 2.22. The summed E-state index contributed by atoms with van der Waals surface area (Å²) in [5, 5.41) is 3.43. The van der Waals surface area contributed by atoms with Crippen molar-refractivity contribution in [2.45, 2.75) is 19.9 Å². The van der Waals surface area contributed by atoms with E-state index in [9.17, 15) is 4.79 Å². The summed E-state index contributed by atoms with van der Waals surface area (Å²) in [5.41, 5.74) is 8.35. The maximum Gasteiger partial charge on any atom is 0.320 e. The minimum absolute atomic E-state index is 0.0906. The van der Waals surface area contributed by atoms with E-state index < -0.39 is 12.0 Å². The standard InChI is InChI=1S/C11H13N3O2/c1-8(2)10(13-14-12)11(15)16-9-6-4-3-5-7-9/h3-8,10H,1-2H3. The predicted octanol–water partition coefficient (Wildman–Crippen LogP) is 2.93. The highest BCUT2D eigenvalue weighted by atomic mass is 16.5. The molecule has 1 unspecified atom stereocenters. The molecule has 1 rings (SSSR count). The van der Waals surface area contributed by atoms with Gasteiger partial charge in [-0.2, -0.15) is 0 Å². The molecule has 0 radical (unpaired) electrons. The van der Waals surface area contributed by atoms with Gasteiger partial charge in [0.15, 0.2) is 0 Å². The van der Waals surface area contributed by atoms with Crippen LogP contribution in [0.15, 0.2) is 35.4 Å². The summed E-state index contributed by atoms with van der Waals surface area (Å²) in [4.78, 5) is 14.3. The van der Waals surface area contributed by atoms with Gasteiger partial charge in [0, 0.05) is 4.91 Å². The number of nitrogens with zero attached hydrogens (tertiary/aromatic N) is 3. The molecule has 1 aromatic rings. The molecule has 5 heteroatoms. The van der Waals surface area contributed by atoms with E-state index in [1.54, 1.807) is 38.1 Å². The van der Waals surface area contributed by atoms with Crippen LogP contribution in [0.2, 0.25) is 0 Å². The zero-order valence-corrected chi connectivity index (χ0v) is 9.20. The lowest BCUT2D eigenvalue weighted by atomic mass is 10.1. The number of carbonyl (C=O) groups is 1. The molecule has 5 nitrogen and oxygen atoms in total. The monoisotopic (exact) mass is 219 g/mol. The Labute approximate surface area is 93.7 Å². The smallest absolute Gasteiger partial charge is 0.320 e. The fraction of sp³-hybridized carbons (Fsp3) is 0.364. The molecule has 0 amide bonds. The molecule has 0 N–H and O–H groups in total. The largest absolute Gasteiger partial charge is 0.426 e. The quantitative estimate of drug-likeness (QED) is 0.256. The van der Waals surface area contributed by atoms with Crippen molar-refractivity contribution in [3.05, 3.63) is 40.8 Å². The van der Waals surface area contributed by atoms with Gasteiger partial charge in [-0.05, 0) is 23.6 Å². The van der Waals surface area contributed by atoms with Crippen LogP contribution in [0.25, 0.3) is 10.4 Å². The summed E-state index contributed by atoms with van der Waals surface area (Å²) < 4.78 is 5.09. The first-order chi connectivity index (χ1) is 7.65. The number of esters is 1. The van der Waals surface area contributed by atoms with Gasteiger partial charge in [-0.3, -0.25) is 4.79 Å². The maximum absolute atomic E-state index is 11.7. The number of para-hydroxylation sites is 1. The van der Waals surface area contributed by atoms with Gasteiger partial charge in [-0.15, -0.1) is 0 Å². The van der Waals surface area contributed by atoms with E-state index in [2.05, 4.69) is 10.0 Å². The Kier molecular flexibility index (Phi) is 4.36. The summed E-state index contributed by atoms with van der Waals surface area (Å²) in [6.45, 7) is 3.59. The first-order valence-corrected chi connectivity index (χ1v) is 4.96. The summed E-state index contributed by atoms with van der Waals surface area (Å²) in [6, 6.07) is 7.91. The van der Waals surface area contributed by atoms with Gasteiger partial charge in [0.25, 0.3) is 0 Å². The fourth-order valence-electron chi connectivity index (χ4n) is 1.17. The molecular weight excluding hydrogens is 206 g/mol. The maximum atomic E-state index is 11.7. The fourth-order valence-corrected chi connectivity index (χ4v) is 1.17. The van der Waals surface area contributed by atoms with Crippen molar-refractivity contribution in [3.63, 3.8) is 0 Å². The number of ether oxygens (including phenoxy) is 1. The van der Waals surface area contributed by atoms with E-state index in [0.717, 1.165) is 0 Å². The van der Waals surface area contributed by atoms with Crippen LogP contribution in [0, 0.1) is 5.92 Å². The van der Waals surface area contributed by atoms with Crippen molar-refractivity contribution in [2.24, 2.45) is 11.0 Å². The SMILES string of the molecule is CC(C)C(N=[N+]=[N-])C(=O)Oc1ccccc1. The minimum Gasteiger partial charge on any atom is -0.426 e. The lowest BCUT2D eigenvalue weighted by Gasteiger charge is -2.13. The lowest BCUT2D eigenvalue weighted by Crippen LogP contribution is -2.28. The zero-order valence-electron chi connectivity index (χ0n) is 9.20. The van der Waals surface area contributed by atoms with E-state index in [1.165, 1.54) is 0 Å². The van der Waals surface area contributed by atoms with Gasteiger partial charge in [0.1, 0.15) is 11.8 Å². The van der Waals surface area contributed by atoms with Gasteiger partial charge in [0.05, 0.1) is 0 Å². The third kappa shape index (κ3) is 3.29. The highest BCUT2D eigenvalue weighted by Crippen LogP contribution is 2.14. The molecule has 1 aromatic carbocycles. The second-order valence-electron chi connectivity index (χ2n) is 3.63. The normalized spacial score (nSPS) is 11.7. The number of rotatable bonds is 4. The summed E-state index contributed by atoms with van der Waals surface area (Å²) in [6.07, 6.45) is 0. The molecule has 84 valence electrons. The van der Waals surface area contributed by atoms with Crippen LogP contribution < -0.4 is 4.74 Å².